The maximum Gasteiger partial charge on any atom is 0.419 e. The lowest BCUT2D eigenvalue weighted by Crippen LogP contribution is -2.54. The zero-order valence-corrected chi connectivity index (χ0v) is 21.5. The summed E-state index contributed by atoms with van der Waals surface area (Å²) in [5.41, 5.74) is 1.91. The number of carbonyl (C=O) groups is 1. The van der Waals surface area contributed by atoms with Gasteiger partial charge in [0.15, 0.2) is 5.58 Å². The molecule has 0 unspecified atom stereocenters. The molecular formula is C24H30N4O5S2. The average Bonchev–Trinajstić information content (AvgIpc) is 3.15. The van der Waals surface area contributed by atoms with E-state index in [0.29, 0.717) is 30.8 Å². The molecule has 2 heterocycles. The van der Waals surface area contributed by atoms with Crippen LogP contribution in [0, 0.1) is 0 Å². The number of piperazine rings is 1. The molecule has 9 nitrogen and oxygen atoms in total. The molecule has 1 amide bonds. The van der Waals surface area contributed by atoms with Crippen LogP contribution in [0.4, 0.5) is 0 Å². The molecule has 11 heteroatoms. The van der Waals surface area contributed by atoms with E-state index in [4.69, 9.17) is 4.42 Å². The molecule has 3 aromatic rings. The lowest BCUT2D eigenvalue weighted by atomic mass is 10.1. The van der Waals surface area contributed by atoms with Crippen molar-refractivity contribution in [2.24, 2.45) is 7.05 Å². The van der Waals surface area contributed by atoms with Crippen LogP contribution in [-0.4, -0.2) is 72.9 Å². The minimum absolute atomic E-state index is 0.0472. The number of carbonyl (C=O) groups excluding carboxylic acids is 1. The highest BCUT2D eigenvalue weighted by Crippen LogP contribution is 2.19. The molecule has 1 aliphatic rings. The monoisotopic (exact) mass is 518 g/mol. The number of nitrogens with one attached hydrogen (secondary N) is 1. The van der Waals surface area contributed by atoms with E-state index in [1.807, 2.05) is 24.5 Å². The number of aryl methyl sites for hydroxylation is 1. The second-order valence-corrected chi connectivity index (χ2v) is 11.3. The highest BCUT2D eigenvalue weighted by molar-refractivity contribution is 7.98. The van der Waals surface area contributed by atoms with E-state index in [-0.39, 0.29) is 16.4 Å². The molecule has 0 spiro atoms. The standard InChI is InChI=1S/C24H30N4O5S2/c1-26-21-9-8-19(16-22(21)33-24(26)30)35(31,32)25-20(10-15-34-2)23(29)28-13-11-27(12-14-28)17-18-6-4-3-5-7-18/h3-9,16,20,25H,10-15,17H2,1-2H3/t20-/m1/s1. The quantitative estimate of drug-likeness (QED) is 0.461. The molecule has 188 valence electrons. The fourth-order valence-electron chi connectivity index (χ4n) is 4.19. The van der Waals surface area contributed by atoms with E-state index in [2.05, 4.69) is 21.8 Å². The van der Waals surface area contributed by atoms with Gasteiger partial charge in [0.25, 0.3) is 0 Å². The second kappa shape index (κ2) is 11.0. The van der Waals surface area contributed by atoms with Crippen LogP contribution in [0.25, 0.3) is 11.1 Å². The number of benzene rings is 2. The molecule has 0 bridgehead atoms. The van der Waals surface area contributed by atoms with Crippen molar-refractivity contribution < 1.29 is 17.6 Å². The van der Waals surface area contributed by atoms with Crippen LogP contribution in [0.2, 0.25) is 0 Å². The summed E-state index contributed by atoms with van der Waals surface area (Å²) in [4.78, 5) is 29.1. The molecule has 0 aliphatic carbocycles. The molecule has 1 fully saturated rings. The number of rotatable bonds is 9. The number of fused-ring (bicyclic) bond motifs is 1. The van der Waals surface area contributed by atoms with E-state index in [1.165, 1.54) is 28.3 Å². The van der Waals surface area contributed by atoms with Crippen molar-refractivity contribution >= 4 is 38.8 Å². The summed E-state index contributed by atoms with van der Waals surface area (Å²) in [6.45, 7) is 3.37. The van der Waals surface area contributed by atoms with Crippen LogP contribution in [0.5, 0.6) is 0 Å². The predicted molar refractivity (Wildman–Crippen MR) is 137 cm³/mol. The van der Waals surface area contributed by atoms with Gasteiger partial charge in [0.2, 0.25) is 15.9 Å². The molecule has 1 saturated heterocycles. The van der Waals surface area contributed by atoms with Gasteiger partial charge in [-0.2, -0.15) is 16.5 Å². The fourth-order valence-corrected chi connectivity index (χ4v) is 5.90. The van der Waals surface area contributed by atoms with Gasteiger partial charge < -0.3 is 9.32 Å². The summed E-state index contributed by atoms with van der Waals surface area (Å²) in [5.74, 6) is -0.143. The Balaban J connectivity index is 1.44. The number of amides is 1. The van der Waals surface area contributed by atoms with Gasteiger partial charge in [-0.1, -0.05) is 30.3 Å². The molecule has 1 atom stereocenters. The van der Waals surface area contributed by atoms with Crippen molar-refractivity contribution in [3.63, 3.8) is 0 Å². The maximum absolute atomic E-state index is 13.3. The third-order valence-corrected chi connectivity index (χ3v) is 8.33. The third-order valence-electron chi connectivity index (χ3n) is 6.21. The number of nitrogens with zero attached hydrogens (tertiary/aromatic N) is 3. The minimum Gasteiger partial charge on any atom is -0.408 e. The zero-order valence-electron chi connectivity index (χ0n) is 19.8. The zero-order chi connectivity index (χ0) is 25.0. The Morgan fingerprint density at radius 1 is 1.11 bits per heavy atom. The van der Waals surface area contributed by atoms with E-state index in [1.54, 1.807) is 23.7 Å². The molecule has 0 radical (unpaired) electrons. The SMILES string of the molecule is CSCC[C@@H](NS(=O)(=O)c1ccc2c(c1)oc(=O)n2C)C(=O)N1CCN(Cc2ccccc2)CC1. The van der Waals surface area contributed by atoms with Crippen LogP contribution in [0.3, 0.4) is 0 Å². The molecule has 1 N–H and O–H groups in total. The summed E-state index contributed by atoms with van der Waals surface area (Å²) in [6, 6.07) is 13.6. The Labute approximate surface area is 209 Å². The smallest absolute Gasteiger partial charge is 0.408 e. The van der Waals surface area contributed by atoms with Crippen LogP contribution < -0.4 is 10.5 Å². The fraction of sp³-hybridized carbons (Fsp3) is 0.417. The molecule has 1 aliphatic heterocycles. The summed E-state index contributed by atoms with van der Waals surface area (Å²) in [6.07, 6.45) is 2.30. The molecule has 2 aromatic carbocycles. The molecule has 0 saturated carbocycles. The molecular weight excluding hydrogens is 488 g/mol. The van der Waals surface area contributed by atoms with Crippen LogP contribution in [0.1, 0.15) is 12.0 Å². The van der Waals surface area contributed by atoms with Gasteiger partial charge in [-0.15, -0.1) is 0 Å². The first-order valence-electron chi connectivity index (χ1n) is 11.4. The van der Waals surface area contributed by atoms with Crippen molar-refractivity contribution in [3.05, 3.63) is 64.6 Å². The van der Waals surface area contributed by atoms with Gasteiger partial charge in [-0.25, -0.2) is 13.2 Å². The van der Waals surface area contributed by atoms with Crippen LogP contribution >= 0.6 is 11.8 Å². The van der Waals surface area contributed by atoms with E-state index in [0.717, 1.165) is 19.6 Å². The lowest BCUT2D eigenvalue weighted by Gasteiger charge is -2.36. The Morgan fingerprint density at radius 3 is 2.51 bits per heavy atom. The predicted octanol–water partition coefficient (Wildman–Crippen LogP) is 1.88. The summed E-state index contributed by atoms with van der Waals surface area (Å²) in [7, 11) is -2.46. The minimum atomic E-state index is -4.01. The van der Waals surface area contributed by atoms with E-state index < -0.39 is 21.8 Å². The van der Waals surface area contributed by atoms with E-state index >= 15 is 0 Å². The van der Waals surface area contributed by atoms with E-state index in [9.17, 15) is 18.0 Å². The largest absolute Gasteiger partial charge is 0.419 e. The first kappa shape index (κ1) is 25.5. The Morgan fingerprint density at radius 2 is 1.83 bits per heavy atom. The van der Waals surface area contributed by atoms with Gasteiger partial charge in [0.1, 0.15) is 6.04 Å². The lowest BCUT2D eigenvalue weighted by molar-refractivity contribution is -0.134. The molecule has 1 aromatic heterocycles. The highest BCUT2D eigenvalue weighted by atomic mass is 32.2. The Hall–Kier alpha value is -2.60. The van der Waals surface area contributed by atoms with Crippen molar-refractivity contribution in [1.29, 1.82) is 0 Å². The van der Waals surface area contributed by atoms with Crippen molar-refractivity contribution in [2.75, 3.05) is 38.2 Å². The third kappa shape index (κ3) is 5.97. The number of thioether (sulfide) groups is 1. The first-order chi connectivity index (χ1) is 16.8. The second-order valence-electron chi connectivity index (χ2n) is 8.60. The maximum atomic E-state index is 13.3. The van der Waals surface area contributed by atoms with Gasteiger partial charge >= 0.3 is 5.76 Å². The van der Waals surface area contributed by atoms with Gasteiger partial charge in [0.05, 0.1) is 10.4 Å². The van der Waals surface area contributed by atoms with Crippen LogP contribution in [-0.2, 0) is 28.4 Å². The van der Waals surface area contributed by atoms with Crippen molar-refractivity contribution in [2.45, 2.75) is 23.9 Å². The number of oxazole rings is 1. The topological polar surface area (TPSA) is 105 Å². The summed E-state index contributed by atoms with van der Waals surface area (Å²) in [5, 5.41) is 0. The Bertz CT molecular complexity index is 1330. The first-order valence-corrected chi connectivity index (χ1v) is 14.3. The van der Waals surface area contributed by atoms with Crippen LogP contribution in [0.15, 0.2) is 62.6 Å². The van der Waals surface area contributed by atoms with Gasteiger partial charge in [-0.05, 0) is 36.1 Å². The van der Waals surface area contributed by atoms with Crippen molar-refractivity contribution in [3.8, 4) is 0 Å². The summed E-state index contributed by atoms with van der Waals surface area (Å²) >= 11 is 1.56. The number of aromatic nitrogens is 1. The number of sulfonamides is 1. The number of hydrogen-bond donors (Lipinski definition) is 1. The number of hydrogen-bond acceptors (Lipinski definition) is 7. The normalized spacial score (nSPS) is 16.0. The summed E-state index contributed by atoms with van der Waals surface area (Å²) < 4.78 is 35.4. The molecule has 4 rings (SSSR count). The average molecular weight is 519 g/mol. The van der Waals surface area contributed by atoms with Crippen molar-refractivity contribution in [1.82, 2.24) is 19.1 Å². The van der Waals surface area contributed by atoms with Gasteiger partial charge in [0, 0.05) is 45.8 Å². The highest BCUT2D eigenvalue weighted by Gasteiger charge is 2.31. The van der Waals surface area contributed by atoms with Gasteiger partial charge in [-0.3, -0.25) is 14.3 Å². The molecule has 35 heavy (non-hydrogen) atoms. The Kier molecular flexibility index (Phi) is 8.00.